The lowest BCUT2D eigenvalue weighted by Gasteiger charge is -2.12. The number of hydrogen-bond donors (Lipinski definition) is 0. The Hall–Kier alpha value is -2.77. The summed E-state index contributed by atoms with van der Waals surface area (Å²) in [5.74, 6) is -0.777. The van der Waals surface area contributed by atoms with Crippen LogP contribution in [0.15, 0.2) is 36.4 Å². The van der Waals surface area contributed by atoms with Crippen molar-refractivity contribution in [3.8, 4) is 22.8 Å². The third-order valence-electron chi connectivity index (χ3n) is 2.81. The minimum absolute atomic E-state index is 0.00504. The highest BCUT2D eigenvalue weighted by atomic mass is 19.4. The van der Waals surface area contributed by atoms with Crippen molar-refractivity contribution < 1.29 is 32.2 Å². The number of aromatic nitrogens is 1. The standard InChI is InChI=1S/C15H12F3NO4/c1-21-12-7-6-11(14(20)22-2)19-13(12)9-4-3-5-10(8-9)23-15(16,17)18/h3-8H,1-2H3. The van der Waals surface area contributed by atoms with Gasteiger partial charge in [-0.3, -0.25) is 0 Å². The van der Waals surface area contributed by atoms with E-state index in [1.54, 1.807) is 0 Å². The third kappa shape index (κ3) is 4.12. The van der Waals surface area contributed by atoms with E-state index in [2.05, 4.69) is 14.5 Å². The van der Waals surface area contributed by atoms with Gasteiger partial charge in [0.1, 0.15) is 22.9 Å². The Labute approximate surface area is 129 Å². The number of benzene rings is 1. The molecule has 23 heavy (non-hydrogen) atoms. The largest absolute Gasteiger partial charge is 0.573 e. The summed E-state index contributed by atoms with van der Waals surface area (Å²) in [7, 11) is 2.58. The van der Waals surface area contributed by atoms with Crippen molar-refractivity contribution in [2.75, 3.05) is 14.2 Å². The highest BCUT2D eigenvalue weighted by Gasteiger charge is 2.31. The molecule has 1 aromatic carbocycles. The summed E-state index contributed by atoms with van der Waals surface area (Å²) in [6.45, 7) is 0. The summed E-state index contributed by atoms with van der Waals surface area (Å²) < 4.78 is 50.5. The molecule has 0 bridgehead atoms. The zero-order valence-electron chi connectivity index (χ0n) is 12.2. The van der Waals surface area contributed by atoms with E-state index < -0.39 is 18.1 Å². The second-order valence-electron chi connectivity index (χ2n) is 4.31. The number of alkyl halides is 3. The number of halogens is 3. The van der Waals surface area contributed by atoms with Crippen LogP contribution in [0.2, 0.25) is 0 Å². The molecule has 0 aliphatic heterocycles. The Morgan fingerprint density at radius 2 is 1.87 bits per heavy atom. The van der Waals surface area contributed by atoms with Gasteiger partial charge in [-0.15, -0.1) is 13.2 Å². The monoisotopic (exact) mass is 327 g/mol. The van der Waals surface area contributed by atoms with Crippen LogP contribution in [0, 0.1) is 0 Å². The lowest BCUT2D eigenvalue weighted by atomic mass is 10.1. The molecule has 0 N–H and O–H groups in total. The number of methoxy groups -OCH3 is 2. The molecule has 0 aliphatic rings. The van der Waals surface area contributed by atoms with Gasteiger partial charge in [-0.25, -0.2) is 9.78 Å². The van der Waals surface area contributed by atoms with Gasteiger partial charge >= 0.3 is 12.3 Å². The molecule has 1 heterocycles. The molecule has 0 amide bonds. The maximum Gasteiger partial charge on any atom is 0.573 e. The predicted molar refractivity (Wildman–Crippen MR) is 74.2 cm³/mol. The molecule has 1 aromatic heterocycles. The Morgan fingerprint density at radius 1 is 1.13 bits per heavy atom. The first-order chi connectivity index (χ1) is 10.8. The number of carbonyl (C=O) groups is 1. The quantitative estimate of drug-likeness (QED) is 0.805. The van der Waals surface area contributed by atoms with E-state index in [0.29, 0.717) is 11.3 Å². The van der Waals surface area contributed by atoms with Gasteiger partial charge in [0, 0.05) is 5.56 Å². The van der Waals surface area contributed by atoms with Crippen molar-refractivity contribution in [1.29, 1.82) is 0 Å². The van der Waals surface area contributed by atoms with Gasteiger partial charge in [-0.1, -0.05) is 12.1 Å². The maximum absolute atomic E-state index is 12.3. The van der Waals surface area contributed by atoms with Crippen molar-refractivity contribution in [3.63, 3.8) is 0 Å². The van der Waals surface area contributed by atoms with Gasteiger partial charge in [0.15, 0.2) is 0 Å². The van der Waals surface area contributed by atoms with Crippen molar-refractivity contribution in [2.45, 2.75) is 6.36 Å². The van der Waals surface area contributed by atoms with Gasteiger partial charge < -0.3 is 14.2 Å². The normalized spacial score (nSPS) is 11.0. The highest BCUT2D eigenvalue weighted by molar-refractivity contribution is 5.88. The minimum atomic E-state index is -4.80. The molecule has 0 spiro atoms. The zero-order valence-corrected chi connectivity index (χ0v) is 12.2. The summed E-state index contributed by atoms with van der Waals surface area (Å²) in [5.41, 5.74) is 0.503. The van der Waals surface area contributed by atoms with Gasteiger partial charge in [0.05, 0.1) is 14.2 Å². The molecule has 0 unspecified atom stereocenters. The predicted octanol–water partition coefficient (Wildman–Crippen LogP) is 3.44. The van der Waals surface area contributed by atoms with E-state index in [0.717, 1.165) is 12.1 Å². The fraction of sp³-hybridized carbons (Fsp3) is 0.200. The fourth-order valence-electron chi connectivity index (χ4n) is 1.88. The number of pyridine rings is 1. The van der Waals surface area contributed by atoms with Crippen LogP contribution >= 0.6 is 0 Å². The van der Waals surface area contributed by atoms with Gasteiger partial charge in [0.25, 0.3) is 0 Å². The van der Waals surface area contributed by atoms with E-state index >= 15 is 0 Å². The molecule has 122 valence electrons. The molecule has 0 radical (unpaired) electrons. The Morgan fingerprint density at radius 3 is 2.48 bits per heavy atom. The molecule has 0 aliphatic carbocycles. The number of nitrogens with zero attached hydrogens (tertiary/aromatic N) is 1. The summed E-state index contributed by atoms with van der Waals surface area (Å²) in [6.07, 6.45) is -4.80. The van der Waals surface area contributed by atoms with Crippen LogP contribution in [0.5, 0.6) is 11.5 Å². The molecular formula is C15H12F3NO4. The van der Waals surface area contributed by atoms with Crippen molar-refractivity contribution >= 4 is 5.97 Å². The highest BCUT2D eigenvalue weighted by Crippen LogP contribution is 2.32. The van der Waals surface area contributed by atoms with Crippen LogP contribution < -0.4 is 9.47 Å². The van der Waals surface area contributed by atoms with E-state index in [9.17, 15) is 18.0 Å². The number of rotatable bonds is 4. The second-order valence-corrected chi connectivity index (χ2v) is 4.31. The van der Waals surface area contributed by atoms with Crippen LogP contribution in [0.1, 0.15) is 10.5 Å². The smallest absolute Gasteiger partial charge is 0.494 e. The third-order valence-corrected chi connectivity index (χ3v) is 2.81. The number of carbonyl (C=O) groups excluding carboxylic acids is 1. The molecule has 5 nitrogen and oxygen atoms in total. The summed E-state index contributed by atoms with van der Waals surface area (Å²) >= 11 is 0. The Bertz CT molecular complexity index is 716. The van der Waals surface area contributed by atoms with E-state index in [4.69, 9.17) is 4.74 Å². The first-order valence-electron chi connectivity index (χ1n) is 6.33. The zero-order chi connectivity index (χ0) is 17.0. The van der Waals surface area contributed by atoms with E-state index in [1.165, 1.54) is 38.5 Å². The van der Waals surface area contributed by atoms with E-state index in [1.807, 2.05) is 0 Å². The average Bonchev–Trinajstić information content (AvgIpc) is 2.52. The molecule has 0 atom stereocenters. The van der Waals surface area contributed by atoms with Crippen LogP contribution in [-0.2, 0) is 4.74 Å². The SMILES string of the molecule is COC(=O)c1ccc(OC)c(-c2cccc(OC(F)(F)F)c2)n1. The molecule has 0 saturated carbocycles. The first kappa shape index (κ1) is 16.6. The number of hydrogen-bond acceptors (Lipinski definition) is 5. The van der Waals surface area contributed by atoms with Gasteiger partial charge in [0.2, 0.25) is 0 Å². The average molecular weight is 327 g/mol. The summed E-state index contributed by atoms with van der Waals surface area (Å²) in [6, 6.07) is 8.08. The van der Waals surface area contributed by atoms with E-state index in [-0.39, 0.29) is 11.4 Å². The minimum Gasteiger partial charge on any atom is -0.494 e. The molecule has 2 rings (SSSR count). The lowest BCUT2D eigenvalue weighted by molar-refractivity contribution is -0.274. The van der Waals surface area contributed by atoms with Gasteiger partial charge in [-0.2, -0.15) is 0 Å². The van der Waals surface area contributed by atoms with Crippen molar-refractivity contribution in [2.24, 2.45) is 0 Å². The molecule has 2 aromatic rings. The van der Waals surface area contributed by atoms with Crippen molar-refractivity contribution in [3.05, 3.63) is 42.1 Å². The fourth-order valence-corrected chi connectivity index (χ4v) is 1.88. The first-order valence-corrected chi connectivity index (χ1v) is 6.33. The van der Waals surface area contributed by atoms with Crippen LogP contribution in [-0.4, -0.2) is 31.5 Å². The van der Waals surface area contributed by atoms with Gasteiger partial charge in [-0.05, 0) is 24.3 Å². The lowest BCUT2D eigenvalue weighted by Crippen LogP contribution is -2.17. The van der Waals surface area contributed by atoms with Crippen molar-refractivity contribution in [1.82, 2.24) is 4.98 Å². The maximum atomic E-state index is 12.3. The molecule has 0 saturated heterocycles. The van der Waals surface area contributed by atoms with Crippen LogP contribution in [0.25, 0.3) is 11.3 Å². The molecule has 8 heteroatoms. The van der Waals surface area contributed by atoms with Crippen LogP contribution in [0.3, 0.4) is 0 Å². The summed E-state index contributed by atoms with van der Waals surface area (Å²) in [4.78, 5) is 15.6. The summed E-state index contributed by atoms with van der Waals surface area (Å²) in [5, 5.41) is 0. The number of esters is 1. The van der Waals surface area contributed by atoms with Crippen LogP contribution in [0.4, 0.5) is 13.2 Å². The Kier molecular flexibility index (Phi) is 4.73. The second kappa shape index (κ2) is 6.55. The molecule has 0 fully saturated rings. The molecular weight excluding hydrogens is 315 g/mol. The topological polar surface area (TPSA) is 57.7 Å². The Balaban J connectivity index is 2.48. The number of ether oxygens (including phenoxy) is 3.